The molecule has 1 heterocycles. The summed E-state index contributed by atoms with van der Waals surface area (Å²) >= 11 is 0. The number of anilines is 3. The number of carbonyl (C=O) groups is 6. The Morgan fingerprint density at radius 1 is 0.351 bits per heavy atom. The van der Waals surface area contributed by atoms with Crippen LogP contribution in [0.3, 0.4) is 0 Å². The lowest BCUT2D eigenvalue weighted by atomic mass is 10.2. The minimum absolute atomic E-state index is 0.0787. The number of nitrogens with zero attached hydrogens (tertiary/aromatic N) is 3. The Hall–Kier alpha value is -9.10. The smallest absolute Gasteiger partial charge is 0.451 e. The van der Waals surface area contributed by atoms with Crippen molar-refractivity contribution in [3.05, 3.63) is 215 Å². The van der Waals surface area contributed by atoms with Gasteiger partial charge < -0.3 is 54.0 Å². The van der Waals surface area contributed by atoms with E-state index in [1.54, 1.807) is 36.4 Å². The van der Waals surface area contributed by atoms with Gasteiger partial charge in [0.05, 0.1) is 33.4 Å². The molecule has 7 aromatic rings. The summed E-state index contributed by atoms with van der Waals surface area (Å²) in [6, 6.07) is 44.7. The highest BCUT2D eigenvalue weighted by Gasteiger charge is 2.78. The number of nitrogens with two attached hydrogens (primary N) is 2. The van der Waals surface area contributed by atoms with Crippen LogP contribution >= 0.6 is 0 Å². The van der Waals surface area contributed by atoms with Gasteiger partial charge >= 0.3 is 53.4 Å². The Balaban J connectivity index is 1.53. The van der Waals surface area contributed by atoms with Crippen molar-refractivity contribution >= 4 is 71.3 Å². The summed E-state index contributed by atoms with van der Waals surface area (Å²) in [4.78, 5) is 102. The lowest BCUT2D eigenvalue weighted by molar-refractivity contribution is 0.0223. The van der Waals surface area contributed by atoms with Gasteiger partial charge in [-0.3, -0.25) is 0 Å². The molecule has 0 bridgehead atoms. The van der Waals surface area contributed by atoms with Crippen molar-refractivity contribution in [3.63, 3.8) is 0 Å². The van der Waals surface area contributed by atoms with E-state index < -0.39 is 71.6 Å². The van der Waals surface area contributed by atoms with Crippen LogP contribution < -0.4 is 27.4 Å². The fourth-order valence-corrected chi connectivity index (χ4v) is 14.2. The maximum atomic E-state index is 14.8. The molecule has 0 aliphatic rings. The Labute approximate surface area is 427 Å². The maximum absolute atomic E-state index is 14.8. The topological polar surface area (TPSA) is 285 Å². The van der Waals surface area contributed by atoms with E-state index in [0.717, 1.165) is 0 Å². The molecule has 20 nitrogen and oxygen atoms in total. The van der Waals surface area contributed by atoms with Gasteiger partial charge in [-0.15, -0.1) is 0 Å². The summed E-state index contributed by atoms with van der Waals surface area (Å²) in [5, 5.41) is 6.87. The molecule has 0 saturated carbocycles. The zero-order valence-electron chi connectivity index (χ0n) is 39.5. The average molecular weight is 1040 g/mol. The van der Waals surface area contributed by atoms with Gasteiger partial charge in [0, 0.05) is 32.7 Å². The van der Waals surface area contributed by atoms with Gasteiger partial charge in [0.1, 0.15) is 0 Å². The van der Waals surface area contributed by atoms with Crippen LogP contribution in [0.2, 0.25) is 5.16 Å². The Morgan fingerprint density at radius 3 is 0.757 bits per heavy atom. The number of benzene rings is 6. The second-order valence-electron chi connectivity index (χ2n) is 15.7. The normalized spacial score (nSPS) is 11.1. The molecule has 0 amide bonds. The van der Waals surface area contributed by atoms with Crippen LogP contribution in [0, 0.1) is 0 Å². The average Bonchev–Trinajstić information content (AvgIpc) is 3.44. The minimum atomic E-state index is -5.96. The van der Waals surface area contributed by atoms with Crippen molar-refractivity contribution in [2.75, 3.05) is 48.7 Å². The van der Waals surface area contributed by atoms with Crippen molar-refractivity contribution in [3.8, 4) is 0 Å². The zero-order chi connectivity index (χ0) is 52.2. The number of rotatable bonds is 24. The first-order chi connectivity index (χ1) is 36.0. The van der Waals surface area contributed by atoms with Crippen molar-refractivity contribution in [2.24, 2.45) is 11.5 Å². The van der Waals surface area contributed by atoms with Gasteiger partial charge in [-0.1, -0.05) is 109 Å². The molecule has 0 aliphatic heterocycles. The van der Waals surface area contributed by atoms with E-state index >= 15 is 0 Å². The van der Waals surface area contributed by atoms with Crippen LogP contribution in [0.1, 0.15) is 68.6 Å². The monoisotopic (exact) mass is 1030 g/mol. The predicted molar refractivity (Wildman–Crippen MR) is 274 cm³/mol. The fraction of sp³-hybridized carbons (Fsp3) is 0.135. The Bertz CT molecular complexity index is 2540. The van der Waals surface area contributed by atoms with Gasteiger partial charge in [-0.2, -0.15) is 15.0 Å². The molecule has 22 heteroatoms. The second-order valence-corrected chi connectivity index (χ2v) is 21.4. The SMILES string of the molecule is NCCNc1nc(NCCN)nc(NCCC([Si](OC(=O)c2ccccc2)(OC(=O)c2ccccc2)OC(=O)c2ccccc2)[Si](OC(=O)c2ccccc2)(OC(=O)c2ccccc2)OC(=O)c2ccccc2)n1. The standard InChI is InChI=1S/C52H50N8O12Si2/c53-32-35-56-51-58-50(59-52(60-51)57-36-33-54)55-34-31-43(73(67-44(61)37-19-7-1-8-20-37,68-45(62)38-21-9-2-10-22-38)69-46(63)39-23-11-3-12-24-39)74(70-47(64)40-25-13-4-14-26-40,71-48(65)41-27-15-5-16-28-41)72-49(66)42-29-17-6-18-30-42/h1-30,43H,31-36,53-54H2,(H3,55,56,57,58,59,60). The minimum Gasteiger partial charge on any atom is -0.451 e. The van der Waals surface area contributed by atoms with Gasteiger partial charge in [0.25, 0.3) is 0 Å². The third kappa shape index (κ3) is 14.1. The molecule has 74 heavy (non-hydrogen) atoms. The highest BCUT2D eigenvalue weighted by atomic mass is 28.5. The Kier molecular flexibility index (Phi) is 18.4. The summed E-state index contributed by atoms with van der Waals surface area (Å²) in [7, 11) is -11.9. The quantitative estimate of drug-likeness (QED) is 0.0413. The fourth-order valence-electron chi connectivity index (χ4n) is 7.01. The Morgan fingerprint density at radius 2 is 0.554 bits per heavy atom. The van der Waals surface area contributed by atoms with Crippen molar-refractivity contribution in [1.29, 1.82) is 0 Å². The summed E-state index contributed by atoms with van der Waals surface area (Å²) in [5.41, 5.74) is 10.8. The van der Waals surface area contributed by atoms with E-state index in [2.05, 4.69) is 30.9 Å². The van der Waals surface area contributed by atoms with Gasteiger partial charge in [0.2, 0.25) is 17.8 Å². The molecular formula is C52H50N8O12Si2. The van der Waals surface area contributed by atoms with E-state index in [1.807, 2.05) is 0 Å². The highest BCUT2D eigenvalue weighted by molar-refractivity contribution is 6.86. The summed E-state index contributed by atoms with van der Waals surface area (Å²) < 4.78 is 38.6. The van der Waals surface area contributed by atoms with Crippen molar-refractivity contribution < 1.29 is 55.3 Å². The molecule has 0 atom stereocenters. The zero-order valence-corrected chi connectivity index (χ0v) is 41.5. The molecule has 0 saturated heterocycles. The van der Waals surface area contributed by atoms with Crippen LogP contribution in [0.25, 0.3) is 0 Å². The van der Waals surface area contributed by atoms with Gasteiger partial charge in [-0.25, -0.2) is 28.8 Å². The van der Waals surface area contributed by atoms with Crippen LogP contribution in [0.15, 0.2) is 182 Å². The van der Waals surface area contributed by atoms with E-state index in [4.69, 9.17) is 38.0 Å². The summed E-state index contributed by atoms with van der Waals surface area (Å²) in [6.07, 6.45) is -0.639. The van der Waals surface area contributed by atoms with Crippen LogP contribution in [-0.4, -0.2) is 101 Å². The van der Waals surface area contributed by atoms with Crippen molar-refractivity contribution in [1.82, 2.24) is 15.0 Å². The number of hydrogen-bond acceptors (Lipinski definition) is 20. The van der Waals surface area contributed by atoms with Crippen molar-refractivity contribution in [2.45, 2.75) is 11.6 Å². The van der Waals surface area contributed by atoms with Gasteiger partial charge in [0.15, 0.2) is 5.16 Å². The van der Waals surface area contributed by atoms with Crippen LogP contribution in [0.5, 0.6) is 0 Å². The molecule has 0 aliphatic carbocycles. The van der Waals surface area contributed by atoms with E-state index in [9.17, 15) is 28.8 Å². The third-order valence-electron chi connectivity index (χ3n) is 10.5. The molecule has 378 valence electrons. The van der Waals surface area contributed by atoms with Crippen LogP contribution in [0.4, 0.5) is 17.8 Å². The molecule has 7 rings (SSSR count). The molecule has 0 spiro atoms. The number of hydrogen-bond donors (Lipinski definition) is 5. The van der Waals surface area contributed by atoms with Gasteiger partial charge in [-0.05, 0) is 79.2 Å². The third-order valence-corrected chi connectivity index (χ3v) is 17.8. The lowest BCUT2D eigenvalue weighted by Gasteiger charge is -2.39. The second kappa shape index (κ2) is 25.8. The summed E-state index contributed by atoms with van der Waals surface area (Å²) in [6.45, 7) is 0.564. The molecule has 0 fully saturated rings. The molecule has 6 aromatic carbocycles. The predicted octanol–water partition coefficient (Wildman–Crippen LogP) is 6.34. The molecule has 0 radical (unpaired) electrons. The number of aromatic nitrogens is 3. The maximum Gasteiger partial charge on any atom is 0.717 e. The first-order valence-electron chi connectivity index (χ1n) is 23.1. The molecule has 1 aromatic heterocycles. The first-order valence-corrected chi connectivity index (χ1v) is 26.7. The molecule has 0 unspecified atom stereocenters. The largest absolute Gasteiger partial charge is 0.717 e. The summed E-state index contributed by atoms with van der Waals surface area (Å²) in [5.74, 6) is -7.14. The van der Waals surface area contributed by atoms with E-state index in [1.165, 1.54) is 146 Å². The first kappa shape index (κ1) is 52.7. The molecule has 7 N–H and O–H groups in total. The molecular weight excluding hydrogens is 985 g/mol. The van der Waals surface area contributed by atoms with Crippen LogP contribution in [-0.2, 0) is 26.6 Å². The van der Waals surface area contributed by atoms with E-state index in [-0.39, 0.29) is 77.4 Å². The number of carbonyl (C=O) groups excluding carboxylic acids is 6. The number of nitrogens with one attached hydrogen (secondary N) is 3. The van der Waals surface area contributed by atoms with E-state index in [0.29, 0.717) is 0 Å². The lowest BCUT2D eigenvalue weighted by Crippen LogP contribution is -2.67. The highest BCUT2D eigenvalue weighted by Crippen LogP contribution is 2.43.